The van der Waals surface area contributed by atoms with E-state index in [1.807, 2.05) is 36.5 Å². The lowest BCUT2D eigenvalue weighted by atomic mass is 9.89. The molecule has 0 radical (unpaired) electrons. The van der Waals surface area contributed by atoms with Gasteiger partial charge in [0.1, 0.15) is 17.1 Å². The first-order valence-corrected chi connectivity index (χ1v) is 10.1. The molecule has 1 amide bonds. The van der Waals surface area contributed by atoms with Crippen LogP contribution >= 0.6 is 22.9 Å². The van der Waals surface area contributed by atoms with E-state index in [0.29, 0.717) is 28.0 Å². The molecule has 3 rings (SSSR count). The number of hydrogen-bond acceptors (Lipinski definition) is 3. The van der Waals surface area contributed by atoms with Gasteiger partial charge >= 0.3 is 0 Å². The number of nitrogens with one attached hydrogen (secondary N) is 1. The maximum atomic E-state index is 12.4. The van der Waals surface area contributed by atoms with Gasteiger partial charge in [0.05, 0.1) is 5.56 Å². The van der Waals surface area contributed by atoms with Crippen LogP contribution in [0.15, 0.2) is 24.3 Å². The number of carbonyl (C=O) groups is 1. The third-order valence-electron chi connectivity index (χ3n) is 4.91. The molecule has 1 aromatic heterocycles. The summed E-state index contributed by atoms with van der Waals surface area (Å²) >= 11 is 7.60. The van der Waals surface area contributed by atoms with E-state index in [1.54, 1.807) is 11.3 Å². The Kier molecular flexibility index (Phi) is 5.98. The Morgan fingerprint density at radius 3 is 3.08 bits per heavy atom. The van der Waals surface area contributed by atoms with Crippen molar-refractivity contribution in [2.24, 2.45) is 5.92 Å². The third kappa shape index (κ3) is 4.27. The number of hydrogen-bond donors (Lipinski definition) is 2. The molecule has 0 bridgehead atoms. The molecule has 1 aliphatic rings. The maximum Gasteiger partial charge on any atom is 0.280 e. The number of carbonyl (C=O) groups excluding carboxylic acids is 1. The number of halogens is 1. The highest BCUT2D eigenvalue weighted by atomic mass is 35.5. The van der Waals surface area contributed by atoms with Crippen LogP contribution in [0.3, 0.4) is 0 Å². The molecule has 26 heavy (non-hydrogen) atoms. The van der Waals surface area contributed by atoms with Crippen molar-refractivity contribution < 1.29 is 10.1 Å². The summed E-state index contributed by atoms with van der Waals surface area (Å²) in [5.74, 6) is 0.560. The third-order valence-corrected chi connectivity index (χ3v) is 6.31. The summed E-state index contributed by atoms with van der Waals surface area (Å²) in [7, 11) is 0. The monoisotopic (exact) mass is 388 g/mol. The zero-order valence-electron chi connectivity index (χ0n) is 15.0. The molecule has 2 atom stereocenters. The highest BCUT2D eigenvalue weighted by Gasteiger charge is 2.25. The van der Waals surface area contributed by atoms with Gasteiger partial charge in [-0.15, -0.1) is 11.3 Å². The van der Waals surface area contributed by atoms with Crippen LogP contribution in [-0.2, 0) is 17.6 Å². The minimum absolute atomic E-state index is 0.0815. The Morgan fingerprint density at radius 1 is 1.54 bits per heavy atom. The topological polar surface area (TPSA) is 69.5 Å². The molecule has 1 aromatic carbocycles. The van der Waals surface area contributed by atoms with Gasteiger partial charge in [0.15, 0.2) is 6.54 Å². The van der Waals surface area contributed by atoms with E-state index in [4.69, 9.17) is 11.6 Å². The minimum Gasteiger partial charge on any atom is -0.333 e. The zero-order valence-corrected chi connectivity index (χ0v) is 16.6. The summed E-state index contributed by atoms with van der Waals surface area (Å²) in [6.07, 6.45) is 3.04. The summed E-state index contributed by atoms with van der Waals surface area (Å²) in [5.41, 5.74) is 2.89. The summed E-state index contributed by atoms with van der Waals surface area (Å²) in [4.78, 5) is 13.6. The van der Waals surface area contributed by atoms with Gasteiger partial charge in [-0.3, -0.25) is 4.79 Å². The van der Waals surface area contributed by atoms with E-state index in [1.165, 1.54) is 4.88 Å². The summed E-state index contributed by atoms with van der Waals surface area (Å²) in [6, 6.07) is 10.1. The Bertz CT molecular complexity index is 855. The summed E-state index contributed by atoms with van der Waals surface area (Å²) < 4.78 is 0. The van der Waals surface area contributed by atoms with Crippen LogP contribution in [0.25, 0.3) is 0 Å². The Balaban J connectivity index is 1.63. The molecule has 1 aliphatic carbocycles. The molecule has 2 aromatic rings. The number of benzene rings is 1. The lowest BCUT2D eigenvalue weighted by Gasteiger charge is -2.17. The zero-order chi connectivity index (χ0) is 18.7. The molecular formula is C20H23ClN3OS+. The molecule has 0 saturated heterocycles. The Hall–Kier alpha value is -1.87. The number of rotatable bonds is 5. The van der Waals surface area contributed by atoms with Crippen molar-refractivity contribution in [3.8, 4) is 6.07 Å². The fourth-order valence-corrected chi connectivity index (χ4v) is 4.92. The van der Waals surface area contributed by atoms with Gasteiger partial charge in [0.2, 0.25) is 0 Å². The van der Waals surface area contributed by atoms with E-state index in [2.05, 4.69) is 18.3 Å². The van der Waals surface area contributed by atoms with Crippen molar-refractivity contribution in [3.05, 3.63) is 50.9 Å². The number of nitrogens with zero attached hydrogens (tertiary/aromatic N) is 1. The number of nitrogens with two attached hydrogens (primary N) is 1. The van der Waals surface area contributed by atoms with Crippen LogP contribution in [-0.4, -0.2) is 12.5 Å². The summed E-state index contributed by atoms with van der Waals surface area (Å²) in [5, 5.41) is 15.9. The SMILES string of the molecule is C[C@@H]1CCc2c(sc(NC(=O)C[NH2+][C@@H](C)c3cccc(Cl)c3)c2C#N)C1. The molecule has 0 aliphatic heterocycles. The van der Waals surface area contributed by atoms with E-state index < -0.39 is 0 Å². The Labute approximate surface area is 163 Å². The fraction of sp³-hybridized carbons (Fsp3) is 0.400. The van der Waals surface area contributed by atoms with E-state index in [9.17, 15) is 10.1 Å². The van der Waals surface area contributed by atoms with Crippen molar-refractivity contribution >= 4 is 33.8 Å². The normalized spacial score (nSPS) is 17.2. The maximum absolute atomic E-state index is 12.4. The summed E-state index contributed by atoms with van der Waals surface area (Å²) in [6.45, 7) is 4.58. The second-order valence-electron chi connectivity index (χ2n) is 7.00. The van der Waals surface area contributed by atoms with Crippen molar-refractivity contribution in [2.45, 2.75) is 39.2 Å². The molecule has 0 fully saturated rings. The van der Waals surface area contributed by atoms with E-state index >= 15 is 0 Å². The van der Waals surface area contributed by atoms with Gasteiger partial charge < -0.3 is 10.6 Å². The number of thiophene rings is 1. The molecule has 0 unspecified atom stereocenters. The number of fused-ring (bicyclic) bond motifs is 1. The van der Waals surface area contributed by atoms with Crippen LogP contribution in [0.2, 0.25) is 5.02 Å². The molecule has 136 valence electrons. The first kappa shape index (κ1) is 18.9. The van der Waals surface area contributed by atoms with Crippen molar-refractivity contribution in [3.63, 3.8) is 0 Å². The van der Waals surface area contributed by atoms with Crippen LogP contribution < -0.4 is 10.6 Å². The van der Waals surface area contributed by atoms with E-state index in [-0.39, 0.29) is 11.9 Å². The second kappa shape index (κ2) is 8.22. The predicted molar refractivity (Wildman–Crippen MR) is 106 cm³/mol. The number of nitriles is 1. The van der Waals surface area contributed by atoms with Gasteiger partial charge in [0.25, 0.3) is 5.91 Å². The number of quaternary nitrogens is 1. The largest absolute Gasteiger partial charge is 0.333 e. The van der Waals surface area contributed by atoms with Crippen LogP contribution in [0.1, 0.15) is 47.9 Å². The molecule has 3 N–H and O–H groups in total. The van der Waals surface area contributed by atoms with Crippen molar-refractivity contribution in [1.29, 1.82) is 5.26 Å². The minimum atomic E-state index is -0.0815. The number of amides is 1. The fourth-order valence-electron chi connectivity index (χ4n) is 3.34. The average molecular weight is 389 g/mol. The highest BCUT2D eigenvalue weighted by molar-refractivity contribution is 7.16. The second-order valence-corrected chi connectivity index (χ2v) is 8.54. The lowest BCUT2D eigenvalue weighted by molar-refractivity contribution is -0.682. The quantitative estimate of drug-likeness (QED) is 0.820. The molecule has 4 nitrogen and oxygen atoms in total. The smallest absolute Gasteiger partial charge is 0.280 e. The van der Waals surface area contributed by atoms with Crippen LogP contribution in [0, 0.1) is 17.2 Å². The molecule has 1 heterocycles. The van der Waals surface area contributed by atoms with Gasteiger partial charge in [-0.1, -0.05) is 30.7 Å². The van der Waals surface area contributed by atoms with Crippen molar-refractivity contribution in [1.82, 2.24) is 0 Å². The van der Waals surface area contributed by atoms with Gasteiger partial charge in [-0.05, 0) is 49.8 Å². The first-order chi connectivity index (χ1) is 12.5. The van der Waals surface area contributed by atoms with Crippen molar-refractivity contribution in [2.75, 3.05) is 11.9 Å². The Morgan fingerprint density at radius 2 is 2.35 bits per heavy atom. The molecule has 6 heteroatoms. The van der Waals surface area contributed by atoms with E-state index in [0.717, 1.165) is 30.4 Å². The van der Waals surface area contributed by atoms with Gasteiger partial charge in [-0.2, -0.15) is 5.26 Å². The van der Waals surface area contributed by atoms with Gasteiger partial charge in [0, 0.05) is 15.5 Å². The lowest BCUT2D eigenvalue weighted by Crippen LogP contribution is -2.86. The molecule has 0 spiro atoms. The molecule has 0 saturated carbocycles. The van der Waals surface area contributed by atoms with Crippen LogP contribution in [0.4, 0.5) is 5.00 Å². The number of anilines is 1. The highest BCUT2D eigenvalue weighted by Crippen LogP contribution is 2.39. The standard InChI is InChI=1S/C20H22ClN3OS/c1-12-6-7-16-17(10-22)20(26-18(16)8-12)24-19(25)11-23-13(2)14-4-3-5-15(21)9-14/h3-5,9,12-13,23H,6-8,11H2,1-2H3,(H,24,25)/p+1/t12-,13+/m1/s1. The predicted octanol–water partition coefficient (Wildman–Crippen LogP) is 3.66. The molecular weight excluding hydrogens is 366 g/mol. The first-order valence-electron chi connectivity index (χ1n) is 8.91. The average Bonchev–Trinajstić information content (AvgIpc) is 2.95. The van der Waals surface area contributed by atoms with Crippen LogP contribution in [0.5, 0.6) is 0 Å². The van der Waals surface area contributed by atoms with Gasteiger partial charge in [-0.25, -0.2) is 0 Å².